The van der Waals surface area contributed by atoms with E-state index in [9.17, 15) is 14.7 Å². The highest BCUT2D eigenvalue weighted by molar-refractivity contribution is 5.93. The number of aryl methyl sites for hydroxylation is 1. The molecular formula is C20H25N3O3. The Balaban J connectivity index is 1.93. The summed E-state index contributed by atoms with van der Waals surface area (Å²) in [4.78, 5) is 26.3. The Labute approximate surface area is 153 Å². The number of aliphatic carboxylic acids is 1. The van der Waals surface area contributed by atoms with Gasteiger partial charge in [-0.1, -0.05) is 38.1 Å². The molecule has 0 saturated carbocycles. The number of benzene rings is 1. The molecule has 0 saturated heterocycles. The Morgan fingerprint density at radius 2 is 2.04 bits per heavy atom. The Morgan fingerprint density at radius 1 is 1.31 bits per heavy atom. The minimum atomic E-state index is -0.907. The molecule has 26 heavy (non-hydrogen) atoms. The van der Waals surface area contributed by atoms with Crippen LogP contribution in [0.25, 0.3) is 0 Å². The molecule has 1 aliphatic rings. The van der Waals surface area contributed by atoms with Crippen molar-refractivity contribution in [2.45, 2.75) is 39.2 Å². The number of carboxylic acids is 1. The molecule has 0 aliphatic carbocycles. The summed E-state index contributed by atoms with van der Waals surface area (Å²) < 4.78 is 1.61. The second-order valence-electron chi connectivity index (χ2n) is 7.30. The van der Waals surface area contributed by atoms with Crippen molar-refractivity contribution >= 4 is 11.9 Å². The Bertz CT molecular complexity index is 825. The van der Waals surface area contributed by atoms with Crippen LogP contribution >= 0.6 is 0 Å². The van der Waals surface area contributed by atoms with Crippen LogP contribution in [-0.2, 0) is 24.7 Å². The predicted molar refractivity (Wildman–Crippen MR) is 97.9 cm³/mol. The normalized spacial score (nSPS) is 16.6. The van der Waals surface area contributed by atoms with E-state index < -0.39 is 12.0 Å². The van der Waals surface area contributed by atoms with Crippen LogP contribution in [0.1, 0.15) is 53.6 Å². The molecule has 6 nitrogen and oxygen atoms in total. The van der Waals surface area contributed by atoms with E-state index in [-0.39, 0.29) is 12.3 Å². The monoisotopic (exact) mass is 355 g/mol. The third-order valence-electron chi connectivity index (χ3n) is 4.81. The number of carboxylic acid groups (broad SMARTS) is 1. The fourth-order valence-electron chi connectivity index (χ4n) is 3.67. The summed E-state index contributed by atoms with van der Waals surface area (Å²) in [5, 5.41) is 13.8. The fraction of sp³-hybridized carbons (Fsp3) is 0.450. The van der Waals surface area contributed by atoms with Gasteiger partial charge in [0.25, 0.3) is 5.91 Å². The molecule has 1 atom stereocenters. The van der Waals surface area contributed by atoms with E-state index in [4.69, 9.17) is 0 Å². The molecule has 6 heteroatoms. The predicted octanol–water partition coefficient (Wildman–Crippen LogP) is 2.83. The first-order chi connectivity index (χ1) is 12.4. The minimum Gasteiger partial charge on any atom is -0.481 e. The van der Waals surface area contributed by atoms with Crippen LogP contribution in [-0.4, -0.2) is 38.2 Å². The van der Waals surface area contributed by atoms with Crippen molar-refractivity contribution in [3.8, 4) is 0 Å². The van der Waals surface area contributed by atoms with Gasteiger partial charge in [-0.25, -0.2) is 0 Å². The van der Waals surface area contributed by atoms with E-state index in [2.05, 4.69) is 18.9 Å². The van der Waals surface area contributed by atoms with Gasteiger partial charge in [-0.05, 0) is 36.0 Å². The van der Waals surface area contributed by atoms with Gasteiger partial charge in [-0.2, -0.15) is 5.10 Å². The third-order valence-corrected chi connectivity index (χ3v) is 4.81. The van der Waals surface area contributed by atoms with Gasteiger partial charge in [0, 0.05) is 13.6 Å². The highest BCUT2D eigenvalue weighted by Gasteiger charge is 2.34. The van der Waals surface area contributed by atoms with Crippen molar-refractivity contribution in [2.75, 3.05) is 6.54 Å². The van der Waals surface area contributed by atoms with Crippen molar-refractivity contribution in [1.29, 1.82) is 0 Å². The number of carbonyl (C=O) groups excluding carboxylic acids is 1. The largest absolute Gasteiger partial charge is 0.481 e. The molecule has 2 heterocycles. The van der Waals surface area contributed by atoms with Gasteiger partial charge >= 0.3 is 5.97 Å². The number of nitrogens with zero attached hydrogens (tertiary/aromatic N) is 3. The minimum absolute atomic E-state index is 0.0978. The van der Waals surface area contributed by atoms with Crippen molar-refractivity contribution in [2.24, 2.45) is 13.0 Å². The summed E-state index contributed by atoms with van der Waals surface area (Å²) in [6.07, 6.45) is 1.44. The molecule has 0 radical (unpaired) electrons. The van der Waals surface area contributed by atoms with Gasteiger partial charge in [0.05, 0.1) is 18.2 Å². The number of fused-ring (bicyclic) bond motifs is 1. The lowest BCUT2D eigenvalue weighted by Gasteiger charge is -2.36. The van der Waals surface area contributed by atoms with E-state index in [1.54, 1.807) is 16.6 Å². The summed E-state index contributed by atoms with van der Waals surface area (Å²) in [6.45, 7) is 4.74. The molecule has 1 N–H and O–H groups in total. The first kappa shape index (κ1) is 18.2. The summed E-state index contributed by atoms with van der Waals surface area (Å²) in [7, 11) is 1.77. The molecular weight excluding hydrogens is 330 g/mol. The Morgan fingerprint density at radius 3 is 2.73 bits per heavy atom. The van der Waals surface area contributed by atoms with Gasteiger partial charge in [0.15, 0.2) is 0 Å². The highest BCUT2D eigenvalue weighted by Crippen LogP contribution is 2.33. The molecule has 3 rings (SSSR count). The highest BCUT2D eigenvalue weighted by atomic mass is 16.4. The quantitative estimate of drug-likeness (QED) is 0.895. The Kier molecular flexibility index (Phi) is 5.11. The van der Waals surface area contributed by atoms with E-state index in [1.807, 2.05) is 30.3 Å². The van der Waals surface area contributed by atoms with Gasteiger partial charge in [0.2, 0.25) is 0 Å². The first-order valence-corrected chi connectivity index (χ1v) is 9.00. The summed E-state index contributed by atoms with van der Waals surface area (Å²) in [5.41, 5.74) is 3.45. The fourth-order valence-corrected chi connectivity index (χ4v) is 3.67. The zero-order valence-electron chi connectivity index (χ0n) is 15.5. The molecule has 2 aromatic rings. The van der Waals surface area contributed by atoms with Crippen molar-refractivity contribution in [3.05, 3.63) is 52.8 Å². The van der Waals surface area contributed by atoms with Crippen LogP contribution in [0.5, 0.6) is 0 Å². The van der Waals surface area contributed by atoms with Crippen LogP contribution in [0.4, 0.5) is 0 Å². The van der Waals surface area contributed by atoms with Gasteiger partial charge < -0.3 is 10.0 Å². The van der Waals surface area contributed by atoms with Crippen LogP contribution in [0.2, 0.25) is 0 Å². The van der Waals surface area contributed by atoms with E-state index in [0.29, 0.717) is 18.2 Å². The number of amides is 1. The molecule has 1 amide bonds. The topological polar surface area (TPSA) is 75.4 Å². The lowest BCUT2D eigenvalue weighted by molar-refractivity contribution is -0.138. The molecule has 0 spiro atoms. The number of aromatic nitrogens is 2. The average Bonchev–Trinajstić information content (AvgIpc) is 2.93. The molecule has 138 valence electrons. The van der Waals surface area contributed by atoms with Crippen LogP contribution in [0.15, 0.2) is 30.3 Å². The van der Waals surface area contributed by atoms with Crippen molar-refractivity contribution < 1.29 is 14.7 Å². The number of carbonyl (C=O) groups is 2. The molecule has 1 aromatic heterocycles. The lowest BCUT2D eigenvalue weighted by Crippen LogP contribution is -2.41. The number of rotatable bonds is 5. The van der Waals surface area contributed by atoms with Crippen LogP contribution < -0.4 is 0 Å². The van der Waals surface area contributed by atoms with Crippen molar-refractivity contribution in [1.82, 2.24) is 14.7 Å². The van der Waals surface area contributed by atoms with Gasteiger partial charge in [-0.3, -0.25) is 14.3 Å². The molecule has 1 aromatic carbocycles. The van der Waals surface area contributed by atoms with Gasteiger partial charge in [-0.15, -0.1) is 0 Å². The van der Waals surface area contributed by atoms with Crippen LogP contribution in [0.3, 0.4) is 0 Å². The van der Waals surface area contributed by atoms with E-state index in [0.717, 1.165) is 29.7 Å². The van der Waals surface area contributed by atoms with Crippen LogP contribution in [0, 0.1) is 5.92 Å². The maximum absolute atomic E-state index is 13.2. The average molecular weight is 355 g/mol. The second-order valence-corrected chi connectivity index (χ2v) is 7.30. The maximum Gasteiger partial charge on any atom is 0.305 e. The summed E-state index contributed by atoms with van der Waals surface area (Å²) >= 11 is 0. The Hall–Kier alpha value is -2.63. The SMILES string of the molecule is CC(C)Cc1cc(C(=O)N2CCc3ccccc3C2CC(=O)O)n(C)n1. The molecule has 0 fully saturated rings. The van der Waals surface area contributed by atoms with Gasteiger partial charge in [0.1, 0.15) is 5.69 Å². The third kappa shape index (κ3) is 3.64. The number of hydrogen-bond acceptors (Lipinski definition) is 3. The van der Waals surface area contributed by atoms with E-state index in [1.165, 1.54) is 0 Å². The van der Waals surface area contributed by atoms with E-state index >= 15 is 0 Å². The summed E-state index contributed by atoms with van der Waals surface area (Å²) in [6, 6.07) is 9.17. The molecule has 0 bridgehead atoms. The zero-order valence-corrected chi connectivity index (χ0v) is 15.5. The molecule has 1 unspecified atom stereocenters. The summed E-state index contributed by atoms with van der Waals surface area (Å²) in [5.74, 6) is -0.611. The smallest absolute Gasteiger partial charge is 0.305 e. The number of hydrogen-bond donors (Lipinski definition) is 1. The maximum atomic E-state index is 13.2. The second kappa shape index (κ2) is 7.32. The zero-order chi connectivity index (χ0) is 18.8. The van der Waals surface area contributed by atoms with Crippen molar-refractivity contribution in [3.63, 3.8) is 0 Å². The standard InChI is InChI=1S/C20H25N3O3/c1-13(2)10-15-11-18(22(3)21-15)20(26)23-9-8-14-6-4-5-7-16(14)17(23)12-19(24)25/h4-7,11,13,17H,8-10,12H2,1-3H3,(H,24,25). The lowest BCUT2D eigenvalue weighted by atomic mass is 9.90. The molecule has 1 aliphatic heterocycles. The first-order valence-electron chi connectivity index (χ1n) is 9.00.